The Morgan fingerprint density at radius 2 is 1.75 bits per heavy atom. The molecule has 0 N–H and O–H groups in total. The Morgan fingerprint density at radius 3 is 2.35 bits per heavy atom. The molecule has 20 heavy (non-hydrogen) atoms. The van der Waals surface area contributed by atoms with E-state index in [0.29, 0.717) is 17.9 Å². The minimum atomic E-state index is -0.364. The van der Waals surface area contributed by atoms with Crippen molar-refractivity contribution >= 4 is 11.8 Å². The molecule has 0 aliphatic rings. The van der Waals surface area contributed by atoms with Gasteiger partial charge >= 0.3 is 5.97 Å². The van der Waals surface area contributed by atoms with E-state index < -0.39 is 0 Å². The van der Waals surface area contributed by atoms with Crippen LogP contribution < -0.4 is 4.74 Å². The van der Waals surface area contributed by atoms with Crippen LogP contribution in [0.5, 0.6) is 5.75 Å². The van der Waals surface area contributed by atoms with Gasteiger partial charge in [0.15, 0.2) is 12.4 Å². The van der Waals surface area contributed by atoms with E-state index in [4.69, 9.17) is 9.47 Å². The second-order valence-electron chi connectivity index (χ2n) is 4.65. The Labute approximate surface area is 120 Å². The molecule has 0 radical (unpaired) electrons. The molecule has 0 aliphatic carbocycles. The lowest BCUT2D eigenvalue weighted by molar-refractivity contribution is -0.146. The second-order valence-corrected chi connectivity index (χ2v) is 4.65. The molecule has 0 aromatic heterocycles. The Hall–Kier alpha value is -1.84. The molecule has 0 heterocycles. The van der Waals surface area contributed by atoms with Crippen LogP contribution in [0.2, 0.25) is 0 Å². The third-order valence-corrected chi connectivity index (χ3v) is 2.88. The summed E-state index contributed by atoms with van der Waals surface area (Å²) >= 11 is 0. The molecule has 1 rings (SSSR count). The lowest BCUT2D eigenvalue weighted by Crippen LogP contribution is -2.15. The van der Waals surface area contributed by atoms with Crippen LogP contribution in [0.15, 0.2) is 24.3 Å². The molecule has 110 valence electrons. The number of carbonyl (C=O) groups excluding carboxylic acids is 2. The molecule has 0 saturated heterocycles. The molecule has 0 atom stereocenters. The van der Waals surface area contributed by atoms with Gasteiger partial charge in [-0.05, 0) is 37.6 Å². The first-order chi connectivity index (χ1) is 9.63. The number of ether oxygens (including phenoxy) is 2. The van der Waals surface area contributed by atoms with Crippen molar-refractivity contribution < 1.29 is 19.1 Å². The van der Waals surface area contributed by atoms with Gasteiger partial charge < -0.3 is 9.47 Å². The smallest absolute Gasteiger partial charge is 0.344 e. The SMILES string of the molecule is CCCCCCOC(=O)COc1ccc(C(C)=O)cc1. The van der Waals surface area contributed by atoms with Crippen LogP contribution in [-0.2, 0) is 9.53 Å². The topological polar surface area (TPSA) is 52.6 Å². The Kier molecular flexibility index (Phi) is 7.40. The molecule has 0 saturated carbocycles. The zero-order valence-electron chi connectivity index (χ0n) is 12.2. The Bertz CT molecular complexity index is 423. The zero-order chi connectivity index (χ0) is 14.8. The maximum Gasteiger partial charge on any atom is 0.344 e. The molecule has 1 aromatic rings. The van der Waals surface area contributed by atoms with Crippen molar-refractivity contribution in [3.63, 3.8) is 0 Å². The highest BCUT2D eigenvalue weighted by Crippen LogP contribution is 2.12. The molecule has 1 aromatic carbocycles. The number of esters is 1. The van der Waals surface area contributed by atoms with Crippen LogP contribution in [0.1, 0.15) is 49.9 Å². The van der Waals surface area contributed by atoms with Gasteiger partial charge in [-0.1, -0.05) is 26.2 Å². The second kappa shape index (κ2) is 9.13. The highest BCUT2D eigenvalue weighted by atomic mass is 16.6. The molecular formula is C16H22O4. The summed E-state index contributed by atoms with van der Waals surface area (Å²) in [6.07, 6.45) is 4.30. The molecule has 0 unspecified atom stereocenters. The number of ketones is 1. The number of benzene rings is 1. The van der Waals surface area contributed by atoms with Gasteiger partial charge in [0.1, 0.15) is 5.75 Å². The normalized spacial score (nSPS) is 10.1. The predicted octanol–water partition coefficient (Wildman–Crippen LogP) is 3.39. The molecule has 0 aliphatic heterocycles. The summed E-state index contributed by atoms with van der Waals surface area (Å²) < 4.78 is 10.3. The van der Waals surface area contributed by atoms with Gasteiger partial charge in [-0.25, -0.2) is 4.79 Å². The standard InChI is InChI=1S/C16H22O4/c1-3-4-5-6-11-19-16(18)12-20-15-9-7-14(8-10-15)13(2)17/h7-10H,3-6,11-12H2,1-2H3. The highest BCUT2D eigenvalue weighted by molar-refractivity contribution is 5.94. The van der Waals surface area contributed by atoms with Gasteiger partial charge in [-0.3, -0.25) is 4.79 Å². The van der Waals surface area contributed by atoms with E-state index in [2.05, 4.69) is 6.92 Å². The maximum atomic E-state index is 11.4. The van der Waals surface area contributed by atoms with E-state index in [1.807, 2.05) is 0 Å². The lowest BCUT2D eigenvalue weighted by atomic mass is 10.1. The van der Waals surface area contributed by atoms with Crippen molar-refractivity contribution in [3.05, 3.63) is 29.8 Å². The number of hydrogen-bond acceptors (Lipinski definition) is 4. The number of unbranched alkanes of at least 4 members (excludes halogenated alkanes) is 3. The quantitative estimate of drug-likeness (QED) is 0.395. The number of hydrogen-bond donors (Lipinski definition) is 0. The first-order valence-corrected chi connectivity index (χ1v) is 7.03. The average Bonchev–Trinajstić information content (AvgIpc) is 2.45. The molecule has 4 heteroatoms. The summed E-state index contributed by atoms with van der Waals surface area (Å²) in [6.45, 7) is 3.99. The van der Waals surface area contributed by atoms with Crippen molar-refractivity contribution in [2.24, 2.45) is 0 Å². The minimum Gasteiger partial charge on any atom is -0.482 e. The fourth-order valence-corrected chi connectivity index (χ4v) is 1.68. The predicted molar refractivity (Wildman–Crippen MR) is 77.0 cm³/mol. The van der Waals surface area contributed by atoms with E-state index >= 15 is 0 Å². The van der Waals surface area contributed by atoms with Crippen LogP contribution in [-0.4, -0.2) is 25.0 Å². The van der Waals surface area contributed by atoms with Crippen LogP contribution >= 0.6 is 0 Å². The highest BCUT2D eigenvalue weighted by Gasteiger charge is 2.05. The van der Waals surface area contributed by atoms with Crippen molar-refractivity contribution in [3.8, 4) is 5.75 Å². The van der Waals surface area contributed by atoms with Crippen LogP contribution in [0.4, 0.5) is 0 Å². The first kappa shape index (κ1) is 16.2. The van der Waals surface area contributed by atoms with Gasteiger partial charge in [0.2, 0.25) is 0 Å². The Balaban J connectivity index is 2.22. The van der Waals surface area contributed by atoms with Crippen molar-refractivity contribution in [2.45, 2.75) is 39.5 Å². The summed E-state index contributed by atoms with van der Waals surface area (Å²) in [5.41, 5.74) is 0.621. The first-order valence-electron chi connectivity index (χ1n) is 7.03. The number of rotatable bonds is 9. The summed E-state index contributed by atoms with van der Waals surface area (Å²) in [6, 6.07) is 6.69. The summed E-state index contributed by atoms with van der Waals surface area (Å²) in [5, 5.41) is 0. The molecule has 0 spiro atoms. The van der Waals surface area contributed by atoms with Gasteiger partial charge in [0.05, 0.1) is 6.61 Å². The van der Waals surface area contributed by atoms with Crippen LogP contribution in [0, 0.1) is 0 Å². The van der Waals surface area contributed by atoms with E-state index in [9.17, 15) is 9.59 Å². The third kappa shape index (κ3) is 6.36. The van der Waals surface area contributed by atoms with E-state index in [0.717, 1.165) is 25.7 Å². The molecule has 0 amide bonds. The number of Topliss-reactive ketones (excluding diaryl/α,β-unsaturated/α-hetero) is 1. The van der Waals surface area contributed by atoms with E-state index in [1.54, 1.807) is 24.3 Å². The van der Waals surface area contributed by atoms with Crippen LogP contribution in [0.3, 0.4) is 0 Å². The molecular weight excluding hydrogens is 256 g/mol. The van der Waals surface area contributed by atoms with E-state index in [-0.39, 0.29) is 18.4 Å². The van der Waals surface area contributed by atoms with Crippen molar-refractivity contribution in [1.29, 1.82) is 0 Å². The fraction of sp³-hybridized carbons (Fsp3) is 0.500. The lowest BCUT2D eigenvalue weighted by Gasteiger charge is -2.07. The monoisotopic (exact) mass is 278 g/mol. The zero-order valence-corrected chi connectivity index (χ0v) is 12.2. The molecule has 0 bridgehead atoms. The Morgan fingerprint density at radius 1 is 1.05 bits per heavy atom. The molecule has 0 fully saturated rings. The van der Waals surface area contributed by atoms with E-state index in [1.165, 1.54) is 6.92 Å². The van der Waals surface area contributed by atoms with Gasteiger partial charge in [0, 0.05) is 5.56 Å². The van der Waals surface area contributed by atoms with Gasteiger partial charge in [0.25, 0.3) is 0 Å². The summed E-state index contributed by atoms with van der Waals surface area (Å²) in [7, 11) is 0. The minimum absolute atomic E-state index is 0.00281. The van der Waals surface area contributed by atoms with Crippen LogP contribution in [0.25, 0.3) is 0 Å². The summed E-state index contributed by atoms with van der Waals surface area (Å²) in [5.74, 6) is 0.193. The average molecular weight is 278 g/mol. The third-order valence-electron chi connectivity index (χ3n) is 2.88. The molecule has 4 nitrogen and oxygen atoms in total. The van der Waals surface area contributed by atoms with Gasteiger partial charge in [-0.2, -0.15) is 0 Å². The maximum absolute atomic E-state index is 11.4. The summed E-state index contributed by atoms with van der Waals surface area (Å²) in [4.78, 5) is 22.5. The van der Waals surface area contributed by atoms with Crippen molar-refractivity contribution in [1.82, 2.24) is 0 Å². The number of carbonyl (C=O) groups is 2. The van der Waals surface area contributed by atoms with Crippen molar-refractivity contribution in [2.75, 3.05) is 13.2 Å². The fourth-order valence-electron chi connectivity index (χ4n) is 1.68. The largest absolute Gasteiger partial charge is 0.482 e. The van der Waals surface area contributed by atoms with Gasteiger partial charge in [-0.15, -0.1) is 0 Å².